The van der Waals surface area contributed by atoms with Gasteiger partial charge in [0, 0.05) is 11.8 Å². The lowest BCUT2D eigenvalue weighted by molar-refractivity contribution is 0.300. The van der Waals surface area contributed by atoms with Crippen molar-refractivity contribution in [3.05, 3.63) is 23.8 Å². The Bertz CT molecular complexity index is 360. The summed E-state index contributed by atoms with van der Waals surface area (Å²) >= 11 is 1.26. The zero-order chi connectivity index (χ0) is 11.4. The van der Waals surface area contributed by atoms with Crippen LogP contribution in [-0.4, -0.2) is 19.1 Å². The summed E-state index contributed by atoms with van der Waals surface area (Å²) in [6.07, 6.45) is 5.64. The van der Waals surface area contributed by atoms with E-state index in [2.05, 4.69) is 37.5 Å². The van der Waals surface area contributed by atoms with Gasteiger partial charge in [-0.2, -0.15) is 8.75 Å². The Balaban J connectivity index is 1.84. The van der Waals surface area contributed by atoms with Crippen molar-refractivity contribution in [2.75, 3.05) is 0 Å². The van der Waals surface area contributed by atoms with Crippen LogP contribution in [-0.2, 0) is 0 Å². The molecule has 6 heteroatoms. The van der Waals surface area contributed by atoms with E-state index in [-0.39, 0.29) is 0 Å². The fourth-order valence-electron chi connectivity index (χ4n) is 1.57. The van der Waals surface area contributed by atoms with Gasteiger partial charge in [-0.15, -0.1) is 0 Å². The monoisotopic (exact) mass is 238 g/mol. The van der Waals surface area contributed by atoms with Crippen LogP contribution >= 0.6 is 11.7 Å². The quantitative estimate of drug-likeness (QED) is 0.801. The molecular formula is C10H14N4OS. The lowest BCUT2D eigenvalue weighted by Crippen LogP contribution is -1.99. The Morgan fingerprint density at radius 3 is 2.50 bits per heavy atom. The maximum absolute atomic E-state index is 4.59. The second kappa shape index (κ2) is 5.16. The normalized spacial score (nSPS) is 14.9. The van der Waals surface area contributed by atoms with E-state index in [1.165, 1.54) is 11.7 Å². The molecule has 0 spiro atoms. The van der Waals surface area contributed by atoms with Crippen LogP contribution < -0.4 is 0 Å². The van der Waals surface area contributed by atoms with Crippen molar-refractivity contribution in [1.29, 1.82) is 0 Å². The lowest BCUT2D eigenvalue weighted by atomic mass is 9.95. The van der Waals surface area contributed by atoms with Crippen LogP contribution in [0.2, 0.25) is 0 Å². The summed E-state index contributed by atoms with van der Waals surface area (Å²) in [5.74, 6) is 0.821. The van der Waals surface area contributed by atoms with Gasteiger partial charge in [0.2, 0.25) is 0 Å². The van der Waals surface area contributed by atoms with Gasteiger partial charge < -0.3 is 0 Å². The van der Waals surface area contributed by atoms with Gasteiger partial charge in [-0.3, -0.25) is 0 Å². The van der Waals surface area contributed by atoms with E-state index in [9.17, 15) is 0 Å². The summed E-state index contributed by atoms with van der Waals surface area (Å²) in [5.41, 5.74) is 2.00. The second-order valence-electron chi connectivity index (χ2n) is 4.04. The summed E-state index contributed by atoms with van der Waals surface area (Å²) in [6, 6.07) is 0. The molecule has 0 saturated heterocycles. The minimum absolute atomic E-state index is 0.375. The van der Waals surface area contributed by atoms with E-state index in [4.69, 9.17) is 0 Å². The van der Waals surface area contributed by atoms with Crippen molar-refractivity contribution < 1.29 is 4.63 Å². The SMILES string of the molecule is CC(CCC(C)c1cnsn1)c1cnon1. The molecule has 2 atom stereocenters. The Morgan fingerprint density at radius 1 is 1.19 bits per heavy atom. The molecule has 16 heavy (non-hydrogen) atoms. The minimum Gasteiger partial charge on any atom is -0.244 e. The third-order valence-electron chi connectivity index (χ3n) is 2.80. The molecule has 0 N–H and O–H groups in total. The van der Waals surface area contributed by atoms with Gasteiger partial charge in [0.05, 0.1) is 29.8 Å². The molecule has 0 radical (unpaired) electrons. The fourth-order valence-corrected chi connectivity index (χ4v) is 2.10. The van der Waals surface area contributed by atoms with Crippen LogP contribution in [0, 0.1) is 0 Å². The van der Waals surface area contributed by atoms with Gasteiger partial charge in [-0.05, 0) is 12.8 Å². The van der Waals surface area contributed by atoms with Gasteiger partial charge in [-0.25, -0.2) is 4.63 Å². The first kappa shape index (κ1) is 11.2. The zero-order valence-electron chi connectivity index (χ0n) is 9.33. The highest BCUT2D eigenvalue weighted by atomic mass is 32.1. The predicted octanol–water partition coefficient (Wildman–Crippen LogP) is 2.61. The van der Waals surface area contributed by atoms with Crippen LogP contribution in [0.25, 0.3) is 0 Å². The molecule has 86 valence electrons. The summed E-state index contributed by atoms with van der Waals surface area (Å²) in [5, 5.41) is 7.46. The van der Waals surface area contributed by atoms with Gasteiger partial charge in [0.15, 0.2) is 0 Å². The standard InChI is InChI=1S/C10H14N4OS/c1-7(9-5-11-15-13-9)3-4-8(2)10-6-12-16-14-10/h5-8H,3-4H2,1-2H3. The van der Waals surface area contributed by atoms with Gasteiger partial charge in [0.1, 0.15) is 5.69 Å². The highest BCUT2D eigenvalue weighted by Crippen LogP contribution is 2.25. The van der Waals surface area contributed by atoms with E-state index < -0.39 is 0 Å². The van der Waals surface area contributed by atoms with Crippen molar-refractivity contribution in [2.45, 2.75) is 38.5 Å². The number of aromatic nitrogens is 4. The highest BCUT2D eigenvalue weighted by molar-refractivity contribution is 6.99. The van der Waals surface area contributed by atoms with E-state index >= 15 is 0 Å². The average Bonchev–Trinajstić information content (AvgIpc) is 2.95. The van der Waals surface area contributed by atoms with Gasteiger partial charge >= 0.3 is 0 Å². The molecule has 0 aliphatic rings. The van der Waals surface area contributed by atoms with Gasteiger partial charge in [0.25, 0.3) is 0 Å². The molecule has 5 nitrogen and oxygen atoms in total. The first-order valence-corrected chi connectivity index (χ1v) is 6.05. The molecule has 0 aliphatic heterocycles. The highest BCUT2D eigenvalue weighted by Gasteiger charge is 2.14. The van der Waals surface area contributed by atoms with Crippen molar-refractivity contribution in [2.24, 2.45) is 0 Å². The van der Waals surface area contributed by atoms with Crippen molar-refractivity contribution in [3.8, 4) is 0 Å². The molecule has 2 aromatic rings. The summed E-state index contributed by atoms with van der Waals surface area (Å²) < 4.78 is 12.8. The van der Waals surface area contributed by atoms with E-state index in [0.29, 0.717) is 11.8 Å². The van der Waals surface area contributed by atoms with E-state index in [0.717, 1.165) is 24.2 Å². The number of nitrogens with zero attached hydrogens (tertiary/aromatic N) is 4. The Labute approximate surface area is 98.2 Å². The summed E-state index contributed by atoms with van der Waals surface area (Å²) in [7, 11) is 0. The Morgan fingerprint density at radius 2 is 1.94 bits per heavy atom. The number of hydrogen-bond donors (Lipinski definition) is 0. The van der Waals surface area contributed by atoms with Crippen molar-refractivity contribution >= 4 is 11.7 Å². The van der Waals surface area contributed by atoms with Crippen LogP contribution in [0.4, 0.5) is 0 Å². The van der Waals surface area contributed by atoms with Crippen molar-refractivity contribution in [3.63, 3.8) is 0 Å². The minimum atomic E-state index is 0.375. The second-order valence-corrected chi connectivity index (χ2v) is 4.60. The first-order chi connectivity index (χ1) is 7.77. The van der Waals surface area contributed by atoms with Crippen LogP contribution in [0.5, 0.6) is 0 Å². The largest absolute Gasteiger partial charge is 0.244 e. The summed E-state index contributed by atoms with van der Waals surface area (Å²) in [6.45, 7) is 4.30. The van der Waals surface area contributed by atoms with E-state index in [1.54, 1.807) is 6.20 Å². The van der Waals surface area contributed by atoms with E-state index in [1.807, 2.05) is 6.20 Å². The molecule has 0 amide bonds. The topological polar surface area (TPSA) is 64.7 Å². The fraction of sp³-hybridized carbons (Fsp3) is 0.600. The molecule has 2 heterocycles. The molecule has 2 aromatic heterocycles. The van der Waals surface area contributed by atoms with Gasteiger partial charge in [-0.1, -0.05) is 24.2 Å². The first-order valence-electron chi connectivity index (χ1n) is 5.32. The Kier molecular flexibility index (Phi) is 3.61. The zero-order valence-corrected chi connectivity index (χ0v) is 10.1. The third kappa shape index (κ3) is 2.63. The lowest BCUT2D eigenvalue weighted by Gasteiger charge is -2.10. The van der Waals surface area contributed by atoms with Crippen LogP contribution in [0.1, 0.15) is 49.9 Å². The molecule has 0 fully saturated rings. The smallest absolute Gasteiger partial charge is 0.107 e. The number of rotatable bonds is 5. The third-order valence-corrected chi connectivity index (χ3v) is 3.29. The molecule has 0 aliphatic carbocycles. The molecule has 2 unspecified atom stereocenters. The summed E-state index contributed by atoms with van der Waals surface area (Å²) in [4.78, 5) is 0. The maximum Gasteiger partial charge on any atom is 0.107 e. The maximum atomic E-state index is 4.59. The molecule has 0 aromatic carbocycles. The molecule has 0 saturated carbocycles. The average molecular weight is 238 g/mol. The molecular weight excluding hydrogens is 224 g/mol. The van der Waals surface area contributed by atoms with Crippen molar-refractivity contribution in [1.82, 2.24) is 19.1 Å². The van der Waals surface area contributed by atoms with Crippen LogP contribution in [0.3, 0.4) is 0 Å². The molecule has 2 rings (SSSR count). The Hall–Kier alpha value is -1.30. The van der Waals surface area contributed by atoms with Crippen LogP contribution in [0.15, 0.2) is 17.0 Å². The predicted molar refractivity (Wildman–Crippen MR) is 60.3 cm³/mol. The molecule has 0 bridgehead atoms. The number of hydrogen-bond acceptors (Lipinski definition) is 6.